The molecule has 2 aliphatic heterocycles. The van der Waals surface area contributed by atoms with Gasteiger partial charge in [0.2, 0.25) is 5.91 Å². The van der Waals surface area contributed by atoms with E-state index in [4.69, 9.17) is 14.6 Å². The average molecular weight is 613 g/mol. The van der Waals surface area contributed by atoms with E-state index in [2.05, 4.69) is 15.3 Å². The summed E-state index contributed by atoms with van der Waals surface area (Å²) in [5.41, 5.74) is -2.95. The van der Waals surface area contributed by atoms with Crippen molar-refractivity contribution in [2.24, 2.45) is 16.5 Å². The van der Waals surface area contributed by atoms with E-state index >= 15 is 0 Å². The number of ether oxygens (including phenoxy) is 2. The Bertz CT molecular complexity index is 1350. The predicted octanol–water partition coefficient (Wildman–Crippen LogP) is 2.57. The van der Waals surface area contributed by atoms with Gasteiger partial charge in [0.05, 0.1) is 41.9 Å². The summed E-state index contributed by atoms with van der Waals surface area (Å²) in [4.78, 5) is 49.6. The van der Waals surface area contributed by atoms with Crippen molar-refractivity contribution in [2.45, 2.75) is 44.1 Å². The highest BCUT2D eigenvalue weighted by Gasteiger charge is 2.55. The number of aromatic nitrogens is 2. The number of carbonyl (C=O) groups excluding carboxylic acids is 3. The highest BCUT2D eigenvalue weighted by molar-refractivity contribution is 7.89. The first-order chi connectivity index (χ1) is 19.5. The summed E-state index contributed by atoms with van der Waals surface area (Å²) < 4.78 is 62.4. The number of fused-ring (bicyclic) bond motifs is 1. The van der Waals surface area contributed by atoms with Crippen molar-refractivity contribution < 1.29 is 41.6 Å². The van der Waals surface area contributed by atoms with Crippen LogP contribution in [0.15, 0.2) is 35.5 Å². The molecule has 4 rings (SSSR count). The van der Waals surface area contributed by atoms with Crippen LogP contribution in [0.5, 0.6) is 0 Å². The van der Waals surface area contributed by atoms with Crippen LogP contribution in [0.3, 0.4) is 0 Å². The number of carbonyl (C=O) groups is 3. The van der Waals surface area contributed by atoms with Crippen LogP contribution in [0.4, 0.5) is 23.7 Å². The zero-order chi connectivity index (χ0) is 31.0. The zero-order valence-corrected chi connectivity index (χ0v) is 24.2. The number of anilines is 1. The smallest absolute Gasteiger partial charge is 0.417 e. The minimum Gasteiger partial charge on any atom is -0.593 e. The van der Waals surface area contributed by atoms with E-state index in [1.807, 2.05) is 0 Å². The van der Waals surface area contributed by atoms with Crippen LogP contribution in [0, 0.1) is 11.3 Å². The Balaban J connectivity index is 1.42. The van der Waals surface area contributed by atoms with E-state index in [0.717, 1.165) is 6.07 Å². The topological polar surface area (TPSA) is 163 Å². The molecule has 3 amide bonds. The summed E-state index contributed by atoms with van der Waals surface area (Å²) in [6.07, 6.45) is -3.56. The number of hydrogen-bond donors (Lipinski definition) is 2. The molecule has 0 bridgehead atoms. The standard InChI is InChI=1S/C26H31F3N6O6S/c1-24(2,3)22(37)33-19-7-15(26(27,28)29)8-31-20(19)12-41-23(38)35-11-16-10-34(13-25(16,14-35)40-4)21(36)18-6-5-17(9-32-18)42(30)39/h5-9,16H,10-14,30H2,1-4H3,(H,33,37)/t16-,25+,42?/m0/s1. The molecule has 0 aliphatic carbocycles. The number of halogens is 3. The van der Waals surface area contributed by atoms with Crippen LogP contribution in [0.1, 0.15) is 42.5 Å². The van der Waals surface area contributed by atoms with Crippen molar-refractivity contribution in [1.82, 2.24) is 19.8 Å². The van der Waals surface area contributed by atoms with Gasteiger partial charge in [-0.2, -0.15) is 13.2 Å². The van der Waals surface area contributed by atoms with Crippen LogP contribution < -0.4 is 10.5 Å². The third-order valence-corrected chi connectivity index (χ3v) is 7.95. The molecule has 0 radical (unpaired) electrons. The maximum atomic E-state index is 13.3. The molecular weight excluding hydrogens is 581 g/mol. The normalized spacial score (nSPS) is 21.2. The molecule has 4 heterocycles. The number of pyridine rings is 2. The summed E-state index contributed by atoms with van der Waals surface area (Å²) in [5.74, 6) is -1.15. The van der Waals surface area contributed by atoms with Crippen molar-refractivity contribution in [2.75, 3.05) is 38.6 Å². The quantitative estimate of drug-likeness (QED) is 0.467. The molecule has 42 heavy (non-hydrogen) atoms. The largest absolute Gasteiger partial charge is 0.593 e. The summed E-state index contributed by atoms with van der Waals surface area (Å²) in [5, 5.41) is 7.78. The first-order valence-electron chi connectivity index (χ1n) is 12.8. The lowest BCUT2D eigenvalue weighted by atomic mass is 9.95. The summed E-state index contributed by atoms with van der Waals surface area (Å²) >= 11 is -1.72. The minimum absolute atomic E-state index is 0.0523. The molecule has 2 aliphatic rings. The van der Waals surface area contributed by atoms with Gasteiger partial charge in [0.25, 0.3) is 5.91 Å². The lowest BCUT2D eigenvalue weighted by Crippen LogP contribution is -2.44. The van der Waals surface area contributed by atoms with Gasteiger partial charge in [0.1, 0.15) is 23.6 Å². The fourth-order valence-electron chi connectivity index (χ4n) is 4.79. The molecule has 2 saturated heterocycles. The maximum absolute atomic E-state index is 13.3. The molecule has 0 aromatic carbocycles. The first-order valence-corrected chi connectivity index (χ1v) is 14.0. The number of methoxy groups -OCH3 is 1. The van der Waals surface area contributed by atoms with Gasteiger partial charge in [-0.1, -0.05) is 20.8 Å². The van der Waals surface area contributed by atoms with Crippen molar-refractivity contribution in [3.63, 3.8) is 0 Å². The molecule has 0 saturated carbocycles. The third kappa shape index (κ3) is 6.61. The molecule has 3 N–H and O–H groups in total. The van der Waals surface area contributed by atoms with Gasteiger partial charge in [-0.15, -0.1) is 5.14 Å². The molecule has 1 unspecified atom stereocenters. The molecular formula is C26H31F3N6O6S. The van der Waals surface area contributed by atoms with Crippen molar-refractivity contribution in [3.8, 4) is 0 Å². The van der Waals surface area contributed by atoms with Crippen LogP contribution in [0.25, 0.3) is 0 Å². The molecule has 2 fully saturated rings. The van der Waals surface area contributed by atoms with E-state index in [-0.39, 0.29) is 60.0 Å². The van der Waals surface area contributed by atoms with Gasteiger partial charge in [-0.3, -0.25) is 14.6 Å². The lowest BCUT2D eigenvalue weighted by molar-refractivity contribution is -0.137. The van der Waals surface area contributed by atoms with Crippen molar-refractivity contribution in [1.29, 1.82) is 0 Å². The van der Waals surface area contributed by atoms with E-state index < -0.39 is 52.7 Å². The zero-order valence-electron chi connectivity index (χ0n) is 23.4. The summed E-state index contributed by atoms with van der Waals surface area (Å²) in [7, 11) is 1.48. The molecule has 0 spiro atoms. The predicted molar refractivity (Wildman–Crippen MR) is 143 cm³/mol. The lowest BCUT2D eigenvalue weighted by Gasteiger charge is -2.27. The molecule has 2 aromatic rings. The summed E-state index contributed by atoms with van der Waals surface area (Å²) in [6, 6.07) is 3.65. The van der Waals surface area contributed by atoms with E-state index in [0.29, 0.717) is 6.20 Å². The van der Waals surface area contributed by atoms with Crippen LogP contribution in [0.2, 0.25) is 0 Å². The number of alkyl halides is 3. The van der Waals surface area contributed by atoms with Crippen molar-refractivity contribution in [3.05, 3.63) is 47.5 Å². The molecule has 228 valence electrons. The third-order valence-electron chi connectivity index (χ3n) is 7.24. The maximum Gasteiger partial charge on any atom is 0.417 e. The number of amides is 3. The second kappa shape index (κ2) is 11.7. The molecule has 3 atom stereocenters. The number of likely N-dealkylation sites (tertiary alicyclic amines) is 2. The SMILES string of the molecule is CO[C@]12CN(C(=O)OCc3ncc(C(F)(F)F)cc3NC(=O)C(C)(C)C)C[C@@H]1CN(C(=O)c1ccc([S+](N)[O-])cn1)C2. The number of rotatable bonds is 6. The van der Waals surface area contributed by atoms with Gasteiger partial charge in [-0.25, -0.2) is 9.78 Å². The second-order valence-corrected chi connectivity index (χ2v) is 12.2. The Kier molecular flexibility index (Phi) is 8.74. The molecule has 12 nitrogen and oxygen atoms in total. The Morgan fingerprint density at radius 3 is 2.36 bits per heavy atom. The second-order valence-electron chi connectivity index (χ2n) is 11.2. The molecule has 16 heteroatoms. The Morgan fingerprint density at radius 1 is 1.14 bits per heavy atom. The number of nitrogens with two attached hydrogens (primary N) is 1. The van der Waals surface area contributed by atoms with Crippen LogP contribution in [-0.2, 0) is 38.4 Å². The van der Waals surface area contributed by atoms with E-state index in [9.17, 15) is 32.1 Å². The van der Waals surface area contributed by atoms with E-state index in [1.165, 1.54) is 30.3 Å². The Morgan fingerprint density at radius 2 is 1.81 bits per heavy atom. The van der Waals surface area contributed by atoms with Gasteiger partial charge >= 0.3 is 12.3 Å². The van der Waals surface area contributed by atoms with E-state index in [1.54, 1.807) is 25.7 Å². The monoisotopic (exact) mass is 612 g/mol. The summed E-state index contributed by atoms with van der Waals surface area (Å²) in [6.45, 7) is 5.06. The number of hydrogen-bond acceptors (Lipinski definition) is 9. The van der Waals surface area contributed by atoms with Gasteiger partial charge in [0, 0.05) is 37.7 Å². The fourth-order valence-corrected chi connectivity index (χ4v) is 5.14. The van der Waals surface area contributed by atoms with Crippen LogP contribution >= 0.6 is 0 Å². The fraction of sp³-hybridized carbons (Fsp3) is 0.500. The molecule has 2 aromatic heterocycles. The minimum atomic E-state index is -4.69. The number of nitrogens with zero attached hydrogens (tertiary/aromatic N) is 4. The van der Waals surface area contributed by atoms with Crippen LogP contribution in [-0.4, -0.2) is 81.1 Å². The van der Waals surface area contributed by atoms with Gasteiger partial charge < -0.3 is 29.1 Å². The Hall–Kier alpha value is -3.47. The highest BCUT2D eigenvalue weighted by atomic mass is 32.2. The van der Waals surface area contributed by atoms with Crippen molar-refractivity contribution >= 4 is 35.0 Å². The highest BCUT2D eigenvalue weighted by Crippen LogP contribution is 2.39. The van der Waals surface area contributed by atoms with Gasteiger partial charge in [0.15, 0.2) is 4.90 Å². The number of nitrogens with one attached hydrogen (secondary N) is 1. The Labute approximate surface area is 243 Å². The average Bonchev–Trinajstić information content (AvgIpc) is 3.46. The van der Waals surface area contributed by atoms with Gasteiger partial charge in [-0.05, 0) is 18.2 Å². The first kappa shape index (κ1) is 31.5.